The topological polar surface area (TPSA) is 84.6 Å². The molecule has 1 amide bonds. The van der Waals surface area contributed by atoms with Crippen LogP contribution in [0, 0.1) is 6.92 Å². The minimum atomic E-state index is -0.244. The number of likely N-dealkylation sites (tertiary alicyclic amines) is 1. The van der Waals surface area contributed by atoms with Crippen molar-refractivity contribution in [2.45, 2.75) is 45.3 Å². The first kappa shape index (κ1) is 18.5. The lowest BCUT2D eigenvalue weighted by Gasteiger charge is -2.47. The van der Waals surface area contributed by atoms with E-state index in [1.807, 2.05) is 18.7 Å². The van der Waals surface area contributed by atoms with Crippen LogP contribution in [0.5, 0.6) is 0 Å². The van der Waals surface area contributed by atoms with Crippen LogP contribution < -0.4 is 0 Å². The van der Waals surface area contributed by atoms with E-state index in [1.54, 1.807) is 5.51 Å². The van der Waals surface area contributed by atoms with Crippen molar-refractivity contribution in [3.63, 3.8) is 0 Å². The monoisotopic (exact) mass is 391 g/mol. The van der Waals surface area contributed by atoms with Crippen LogP contribution in [-0.2, 0) is 17.7 Å². The van der Waals surface area contributed by atoms with Crippen LogP contribution in [0.3, 0.4) is 0 Å². The Morgan fingerprint density at radius 2 is 2.04 bits per heavy atom. The van der Waals surface area contributed by atoms with Crippen molar-refractivity contribution >= 4 is 17.2 Å². The quantitative estimate of drug-likeness (QED) is 0.787. The minimum absolute atomic E-state index is 0.0815. The third kappa shape index (κ3) is 3.90. The van der Waals surface area contributed by atoms with Crippen LogP contribution in [0.4, 0.5) is 0 Å². The fraction of sp³-hybridized carbons (Fsp3) is 0.667. The number of hydrogen-bond donors (Lipinski definition) is 0. The Morgan fingerprint density at radius 1 is 1.26 bits per heavy atom. The second-order valence-corrected chi connectivity index (χ2v) is 8.10. The molecule has 0 N–H and O–H groups in total. The lowest BCUT2D eigenvalue weighted by molar-refractivity contribution is -0.128. The number of piperidine rings is 1. The second-order valence-electron chi connectivity index (χ2n) is 7.24. The van der Waals surface area contributed by atoms with Gasteiger partial charge in [0, 0.05) is 26.1 Å². The Bertz CT molecular complexity index is 797. The fourth-order valence-electron chi connectivity index (χ4n) is 3.78. The highest BCUT2D eigenvalue weighted by Gasteiger charge is 2.41. The summed E-state index contributed by atoms with van der Waals surface area (Å²) in [5.74, 6) is 1.43. The molecule has 0 aliphatic carbocycles. The normalized spacial score (nSPS) is 20.3. The lowest BCUT2D eigenvalue weighted by atomic mass is 9.89. The number of thiazole rings is 1. The first-order valence-electron chi connectivity index (χ1n) is 9.45. The summed E-state index contributed by atoms with van der Waals surface area (Å²) in [7, 11) is 0. The summed E-state index contributed by atoms with van der Waals surface area (Å²) >= 11 is 1.42. The van der Waals surface area contributed by atoms with Crippen LogP contribution in [-0.4, -0.2) is 69.3 Å². The van der Waals surface area contributed by atoms with E-state index in [2.05, 4.69) is 20.1 Å². The Labute approximate surface area is 162 Å². The number of carbonyl (C=O) groups excluding carboxylic acids is 1. The summed E-state index contributed by atoms with van der Waals surface area (Å²) in [6, 6.07) is 0. The van der Waals surface area contributed by atoms with Crippen molar-refractivity contribution in [2.75, 3.05) is 32.8 Å². The molecule has 0 radical (unpaired) electrons. The first-order chi connectivity index (χ1) is 13.1. The third-order valence-corrected chi connectivity index (χ3v) is 6.33. The fourth-order valence-corrected chi connectivity index (χ4v) is 4.55. The smallest absolute Gasteiger partial charge is 0.266 e. The van der Waals surface area contributed by atoms with Gasteiger partial charge in [-0.2, -0.15) is 0 Å². The maximum atomic E-state index is 12.8. The summed E-state index contributed by atoms with van der Waals surface area (Å²) in [4.78, 5) is 22.0. The minimum Gasteiger partial charge on any atom is -0.424 e. The molecule has 4 rings (SSSR count). The second kappa shape index (κ2) is 7.65. The predicted octanol–water partition coefficient (Wildman–Crippen LogP) is 1.90. The van der Waals surface area contributed by atoms with E-state index in [0.717, 1.165) is 42.9 Å². The van der Waals surface area contributed by atoms with Crippen molar-refractivity contribution < 1.29 is 13.9 Å². The van der Waals surface area contributed by atoms with Crippen molar-refractivity contribution in [2.24, 2.45) is 0 Å². The molecule has 0 aromatic carbocycles. The molecule has 2 aromatic rings. The Morgan fingerprint density at radius 3 is 2.70 bits per heavy atom. The first-order valence-corrected chi connectivity index (χ1v) is 10.3. The van der Waals surface area contributed by atoms with Crippen LogP contribution in [0.1, 0.15) is 46.9 Å². The molecule has 0 saturated carbocycles. The molecular formula is C18H25N5O3S. The summed E-state index contributed by atoms with van der Waals surface area (Å²) in [6.07, 6.45) is 2.55. The van der Waals surface area contributed by atoms with Gasteiger partial charge in [-0.1, -0.05) is 6.92 Å². The van der Waals surface area contributed by atoms with Crippen molar-refractivity contribution in [3.8, 4) is 0 Å². The maximum absolute atomic E-state index is 12.8. The van der Waals surface area contributed by atoms with Crippen molar-refractivity contribution in [1.82, 2.24) is 25.0 Å². The summed E-state index contributed by atoms with van der Waals surface area (Å²) in [6.45, 7) is 8.24. The van der Waals surface area contributed by atoms with Crippen LogP contribution in [0.15, 0.2) is 9.93 Å². The summed E-state index contributed by atoms with van der Waals surface area (Å²) < 4.78 is 11.8. The van der Waals surface area contributed by atoms with Gasteiger partial charge in [-0.3, -0.25) is 9.69 Å². The molecule has 0 atom stereocenters. The summed E-state index contributed by atoms with van der Waals surface area (Å²) in [5, 5.41) is 8.14. The molecule has 4 heterocycles. The zero-order valence-electron chi connectivity index (χ0n) is 15.8. The average Bonchev–Trinajstić information content (AvgIpc) is 3.32. The van der Waals surface area contributed by atoms with E-state index in [-0.39, 0.29) is 11.5 Å². The highest BCUT2D eigenvalue weighted by atomic mass is 32.1. The van der Waals surface area contributed by atoms with Gasteiger partial charge in [0.15, 0.2) is 0 Å². The zero-order chi connectivity index (χ0) is 18.9. The zero-order valence-corrected chi connectivity index (χ0v) is 16.6. The van der Waals surface area contributed by atoms with Crippen LogP contribution in [0.25, 0.3) is 0 Å². The molecule has 8 nitrogen and oxygen atoms in total. The van der Waals surface area contributed by atoms with Gasteiger partial charge in [-0.05, 0) is 19.8 Å². The van der Waals surface area contributed by atoms with Gasteiger partial charge < -0.3 is 14.1 Å². The molecule has 146 valence electrons. The van der Waals surface area contributed by atoms with Gasteiger partial charge in [0.05, 0.1) is 36.5 Å². The number of hydrogen-bond acceptors (Lipinski definition) is 8. The lowest BCUT2D eigenvalue weighted by Crippen LogP contribution is -2.57. The average molecular weight is 391 g/mol. The largest absolute Gasteiger partial charge is 0.424 e. The van der Waals surface area contributed by atoms with Crippen molar-refractivity contribution in [1.29, 1.82) is 0 Å². The molecule has 2 aliphatic heterocycles. The van der Waals surface area contributed by atoms with Gasteiger partial charge >= 0.3 is 0 Å². The van der Waals surface area contributed by atoms with Crippen molar-refractivity contribution in [3.05, 3.63) is 27.9 Å². The number of morpholine rings is 1. The molecule has 1 spiro atoms. The molecule has 9 heteroatoms. The van der Waals surface area contributed by atoms with E-state index in [4.69, 9.17) is 9.15 Å². The molecule has 0 bridgehead atoms. The number of aryl methyl sites for hydroxylation is 2. The third-order valence-electron chi connectivity index (χ3n) is 5.41. The van der Waals surface area contributed by atoms with E-state index in [0.29, 0.717) is 38.0 Å². The number of ether oxygens (including phenoxy) is 1. The SMILES string of the molecule is CCc1nnc(CN2CCC3(CC2)CN(C(=O)c2scnc2C)CCO3)o1. The van der Waals surface area contributed by atoms with E-state index in [1.165, 1.54) is 11.3 Å². The Kier molecular flexibility index (Phi) is 5.25. The van der Waals surface area contributed by atoms with E-state index in [9.17, 15) is 4.79 Å². The van der Waals surface area contributed by atoms with Gasteiger partial charge in [-0.25, -0.2) is 4.98 Å². The number of aromatic nitrogens is 3. The van der Waals surface area contributed by atoms with Gasteiger partial charge in [-0.15, -0.1) is 21.5 Å². The van der Waals surface area contributed by atoms with E-state index >= 15 is 0 Å². The molecule has 27 heavy (non-hydrogen) atoms. The van der Waals surface area contributed by atoms with Crippen LogP contribution >= 0.6 is 11.3 Å². The highest BCUT2D eigenvalue weighted by Crippen LogP contribution is 2.31. The molecular weight excluding hydrogens is 366 g/mol. The number of nitrogens with zero attached hydrogens (tertiary/aromatic N) is 5. The van der Waals surface area contributed by atoms with E-state index < -0.39 is 0 Å². The summed E-state index contributed by atoms with van der Waals surface area (Å²) in [5.41, 5.74) is 2.30. The molecule has 2 aromatic heterocycles. The van der Waals surface area contributed by atoms with Gasteiger partial charge in [0.2, 0.25) is 11.8 Å². The standard InChI is InChI=1S/C18H25N5O3S/c1-3-14-20-21-15(26-14)10-22-6-4-18(5-7-22)11-23(8-9-25-18)17(24)16-13(2)19-12-27-16/h12H,3-11H2,1-2H3. The van der Waals surface area contributed by atoms with Gasteiger partial charge in [0.1, 0.15) is 4.88 Å². The molecule has 0 unspecified atom stereocenters. The maximum Gasteiger partial charge on any atom is 0.266 e. The predicted molar refractivity (Wildman–Crippen MR) is 99.6 cm³/mol. The van der Waals surface area contributed by atoms with Crippen LogP contribution in [0.2, 0.25) is 0 Å². The number of carbonyl (C=O) groups is 1. The number of rotatable bonds is 4. The molecule has 2 fully saturated rings. The molecule has 2 aliphatic rings. The Hall–Kier alpha value is -1.84. The molecule has 2 saturated heterocycles. The Balaban J connectivity index is 1.35. The number of amides is 1. The van der Waals surface area contributed by atoms with Gasteiger partial charge in [0.25, 0.3) is 5.91 Å². The highest BCUT2D eigenvalue weighted by molar-refractivity contribution is 7.11.